The topological polar surface area (TPSA) is 97.4 Å². The van der Waals surface area contributed by atoms with Crippen LogP contribution in [0.4, 0.5) is 0 Å². The number of fused-ring (bicyclic) bond motifs is 1. The van der Waals surface area contributed by atoms with Crippen LogP contribution in [0, 0.1) is 0 Å². The van der Waals surface area contributed by atoms with E-state index in [1.807, 2.05) is 0 Å². The van der Waals surface area contributed by atoms with Crippen molar-refractivity contribution < 1.29 is 38.1 Å². The summed E-state index contributed by atoms with van der Waals surface area (Å²) in [7, 11) is 2.61. The summed E-state index contributed by atoms with van der Waals surface area (Å²) in [5, 5.41) is 0. The molecule has 0 fully saturated rings. The Kier molecular flexibility index (Phi) is 5.44. The van der Waals surface area contributed by atoms with Crippen LogP contribution in [0.1, 0.15) is 49.7 Å². The Morgan fingerprint density at radius 3 is 2.15 bits per heavy atom. The van der Waals surface area contributed by atoms with Gasteiger partial charge in [-0.05, 0) is 26.0 Å². The van der Waals surface area contributed by atoms with Crippen LogP contribution in [-0.4, -0.2) is 43.8 Å². The Bertz CT molecular complexity index is 737. The average Bonchev–Trinajstić information content (AvgIpc) is 2.55. The van der Waals surface area contributed by atoms with Crippen LogP contribution in [0.2, 0.25) is 0 Å². The normalized spacial score (nSPS) is 20.2. The molecular weight excluding hydrogens is 344 g/mol. The fourth-order valence-electron chi connectivity index (χ4n) is 2.97. The Labute approximate surface area is 151 Å². The number of carbonyl (C=O) groups is 3. The highest BCUT2D eigenvalue weighted by molar-refractivity contribution is 5.93. The van der Waals surface area contributed by atoms with Gasteiger partial charge in [0.25, 0.3) is 0 Å². The second-order valence-electron chi connectivity index (χ2n) is 6.32. The van der Waals surface area contributed by atoms with E-state index in [-0.39, 0.29) is 11.3 Å². The minimum Gasteiger partial charge on any atom is -0.495 e. The van der Waals surface area contributed by atoms with E-state index in [4.69, 9.17) is 23.7 Å². The summed E-state index contributed by atoms with van der Waals surface area (Å²) in [6.45, 7) is 5.91. The predicted molar refractivity (Wildman–Crippen MR) is 89.1 cm³/mol. The quantitative estimate of drug-likeness (QED) is 0.591. The number of ether oxygens (including phenoxy) is 5. The molecule has 0 saturated carbocycles. The summed E-state index contributed by atoms with van der Waals surface area (Å²) >= 11 is 0. The van der Waals surface area contributed by atoms with Gasteiger partial charge in [-0.25, -0.2) is 4.79 Å². The van der Waals surface area contributed by atoms with Gasteiger partial charge in [-0.1, -0.05) is 0 Å². The van der Waals surface area contributed by atoms with E-state index >= 15 is 0 Å². The molecular formula is C18H22O8. The number of methoxy groups -OCH3 is 2. The van der Waals surface area contributed by atoms with Gasteiger partial charge >= 0.3 is 17.9 Å². The van der Waals surface area contributed by atoms with Crippen LogP contribution >= 0.6 is 0 Å². The van der Waals surface area contributed by atoms with Crippen molar-refractivity contribution in [1.29, 1.82) is 0 Å². The summed E-state index contributed by atoms with van der Waals surface area (Å²) < 4.78 is 26.9. The highest BCUT2D eigenvalue weighted by atomic mass is 16.6. The zero-order chi connectivity index (χ0) is 19.6. The number of hydrogen-bond acceptors (Lipinski definition) is 8. The average molecular weight is 366 g/mol. The molecule has 2 rings (SSSR count). The molecule has 1 heterocycles. The van der Waals surface area contributed by atoms with Gasteiger partial charge in [0, 0.05) is 13.8 Å². The molecule has 1 aromatic rings. The minimum atomic E-state index is -1.02. The van der Waals surface area contributed by atoms with E-state index in [2.05, 4.69) is 0 Å². The number of hydrogen-bond donors (Lipinski definition) is 0. The van der Waals surface area contributed by atoms with Crippen LogP contribution in [0.15, 0.2) is 12.1 Å². The second-order valence-corrected chi connectivity index (χ2v) is 6.32. The predicted octanol–water partition coefficient (Wildman–Crippen LogP) is 2.19. The second kappa shape index (κ2) is 7.23. The molecule has 0 unspecified atom stereocenters. The fourth-order valence-corrected chi connectivity index (χ4v) is 2.97. The molecule has 0 N–H and O–H groups in total. The van der Waals surface area contributed by atoms with Gasteiger partial charge in [0.1, 0.15) is 22.7 Å². The summed E-state index contributed by atoms with van der Waals surface area (Å²) in [4.78, 5) is 35.4. The molecule has 26 heavy (non-hydrogen) atoms. The molecule has 0 radical (unpaired) electrons. The lowest BCUT2D eigenvalue weighted by Crippen LogP contribution is -2.52. The van der Waals surface area contributed by atoms with Gasteiger partial charge in [-0.2, -0.15) is 0 Å². The van der Waals surface area contributed by atoms with E-state index < -0.39 is 35.7 Å². The van der Waals surface area contributed by atoms with Crippen molar-refractivity contribution in [3.8, 4) is 11.5 Å². The SMILES string of the molecule is COC(=O)c1ccc2c(c1OC)[C@@H](OC(C)=O)[C@@H](OC(C)=O)C(C)(C)O2. The highest BCUT2D eigenvalue weighted by Gasteiger charge is 2.50. The number of esters is 3. The van der Waals surface area contributed by atoms with Crippen molar-refractivity contribution in [2.75, 3.05) is 14.2 Å². The number of benzene rings is 1. The molecule has 142 valence electrons. The van der Waals surface area contributed by atoms with Crippen molar-refractivity contribution in [3.63, 3.8) is 0 Å². The van der Waals surface area contributed by atoms with Crippen molar-refractivity contribution in [2.24, 2.45) is 0 Å². The summed E-state index contributed by atoms with van der Waals surface area (Å²) in [6, 6.07) is 3.06. The Morgan fingerprint density at radius 2 is 1.65 bits per heavy atom. The van der Waals surface area contributed by atoms with Gasteiger partial charge in [0.05, 0.1) is 19.8 Å². The maximum Gasteiger partial charge on any atom is 0.341 e. The standard InChI is InChI=1S/C18H22O8/c1-9(19)24-15-13-12(26-18(3,4)16(15)25-10(2)20)8-7-11(14(13)22-5)17(21)23-6/h7-8,15-16H,1-6H3/t15-,16-/m1/s1. The smallest absolute Gasteiger partial charge is 0.341 e. The molecule has 0 saturated heterocycles. The lowest BCUT2D eigenvalue weighted by Gasteiger charge is -2.43. The third-order valence-corrected chi connectivity index (χ3v) is 3.97. The van der Waals surface area contributed by atoms with Crippen molar-refractivity contribution in [1.82, 2.24) is 0 Å². The van der Waals surface area contributed by atoms with Gasteiger partial charge < -0.3 is 23.7 Å². The van der Waals surface area contributed by atoms with Crippen LogP contribution in [0.5, 0.6) is 11.5 Å². The largest absolute Gasteiger partial charge is 0.495 e. The first kappa shape index (κ1) is 19.6. The van der Waals surface area contributed by atoms with Gasteiger partial charge in [0.2, 0.25) is 0 Å². The molecule has 0 aliphatic carbocycles. The van der Waals surface area contributed by atoms with E-state index in [1.165, 1.54) is 34.1 Å². The Morgan fingerprint density at radius 1 is 1.04 bits per heavy atom. The zero-order valence-electron chi connectivity index (χ0n) is 15.6. The lowest BCUT2D eigenvalue weighted by molar-refractivity contribution is -0.188. The first-order valence-corrected chi connectivity index (χ1v) is 7.95. The van der Waals surface area contributed by atoms with Crippen molar-refractivity contribution in [2.45, 2.75) is 45.5 Å². The Hall–Kier alpha value is -2.77. The van der Waals surface area contributed by atoms with Crippen LogP contribution in [0.3, 0.4) is 0 Å². The van der Waals surface area contributed by atoms with Crippen LogP contribution < -0.4 is 9.47 Å². The summed E-state index contributed by atoms with van der Waals surface area (Å²) in [6.07, 6.45) is -1.96. The van der Waals surface area contributed by atoms with E-state index in [9.17, 15) is 14.4 Å². The molecule has 8 heteroatoms. The molecule has 2 atom stereocenters. The lowest BCUT2D eigenvalue weighted by atomic mass is 9.86. The van der Waals surface area contributed by atoms with Gasteiger partial charge in [-0.3, -0.25) is 9.59 Å². The highest BCUT2D eigenvalue weighted by Crippen LogP contribution is 2.48. The number of rotatable bonds is 4. The molecule has 0 aromatic heterocycles. The van der Waals surface area contributed by atoms with Gasteiger partial charge in [-0.15, -0.1) is 0 Å². The third-order valence-electron chi connectivity index (χ3n) is 3.97. The van der Waals surface area contributed by atoms with Crippen molar-refractivity contribution in [3.05, 3.63) is 23.3 Å². The molecule has 1 aliphatic rings. The van der Waals surface area contributed by atoms with Gasteiger partial charge in [0.15, 0.2) is 12.2 Å². The van der Waals surface area contributed by atoms with Crippen LogP contribution in [0.25, 0.3) is 0 Å². The third kappa shape index (κ3) is 3.58. The molecule has 0 amide bonds. The van der Waals surface area contributed by atoms with E-state index in [0.717, 1.165) is 0 Å². The summed E-state index contributed by atoms with van der Waals surface area (Å²) in [5.74, 6) is -1.28. The summed E-state index contributed by atoms with van der Waals surface area (Å²) in [5.41, 5.74) is -0.553. The first-order valence-electron chi connectivity index (χ1n) is 7.95. The Balaban J connectivity index is 2.72. The zero-order valence-corrected chi connectivity index (χ0v) is 15.6. The molecule has 1 aliphatic heterocycles. The first-order chi connectivity index (χ1) is 12.1. The molecule has 0 spiro atoms. The minimum absolute atomic E-state index is 0.133. The molecule has 1 aromatic carbocycles. The van der Waals surface area contributed by atoms with E-state index in [1.54, 1.807) is 19.9 Å². The maximum absolute atomic E-state index is 12.1. The molecule has 0 bridgehead atoms. The van der Waals surface area contributed by atoms with E-state index in [0.29, 0.717) is 11.3 Å². The molecule has 8 nitrogen and oxygen atoms in total. The fraction of sp³-hybridized carbons (Fsp3) is 0.500. The number of carbonyl (C=O) groups excluding carboxylic acids is 3. The maximum atomic E-state index is 12.1. The van der Waals surface area contributed by atoms with Crippen LogP contribution in [-0.2, 0) is 23.8 Å². The van der Waals surface area contributed by atoms with Crippen molar-refractivity contribution >= 4 is 17.9 Å². The monoisotopic (exact) mass is 366 g/mol.